The van der Waals surface area contributed by atoms with E-state index in [2.05, 4.69) is 39.0 Å². The Bertz CT molecular complexity index is 358. The van der Waals surface area contributed by atoms with Crippen LogP contribution in [0.25, 0.3) is 0 Å². The summed E-state index contributed by atoms with van der Waals surface area (Å²) in [5, 5.41) is 0. The van der Waals surface area contributed by atoms with Crippen molar-refractivity contribution in [2.45, 2.75) is 53.0 Å². The van der Waals surface area contributed by atoms with Crippen LogP contribution in [0, 0.1) is 12.8 Å². The topological polar surface area (TPSA) is 35.2 Å². The molecule has 0 saturated heterocycles. The number of nitrogens with two attached hydrogens (primary N) is 1. The molecule has 0 bridgehead atoms. The van der Waals surface area contributed by atoms with Crippen molar-refractivity contribution in [1.29, 1.82) is 0 Å². The van der Waals surface area contributed by atoms with E-state index >= 15 is 0 Å². The lowest BCUT2D eigenvalue weighted by Crippen LogP contribution is -2.18. The lowest BCUT2D eigenvalue weighted by Gasteiger charge is -2.14. The molecule has 0 fully saturated rings. The molecule has 0 heterocycles. The zero-order valence-corrected chi connectivity index (χ0v) is 12.2. The molecule has 1 aromatic rings. The largest absolute Gasteiger partial charge is 0.493 e. The van der Waals surface area contributed by atoms with Crippen LogP contribution >= 0.6 is 0 Å². The van der Waals surface area contributed by atoms with Gasteiger partial charge in [0.25, 0.3) is 0 Å². The lowest BCUT2D eigenvalue weighted by molar-refractivity contribution is 0.294. The van der Waals surface area contributed by atoms with Gasteiger partial charge in [-0.15, -0.1) is 0 Å². The molecule has 0 aromatic heterocycles. The van der Waals surface area contributed by atoms with Crippen LogP contribution in [0.1, 0.15) is 44.7 Å². The third-order valence-corrected chi connectivity index (χ3v) is 2.94. The smallest absolute Gasteiger partial charge is 0.122 e. The molecular formula is C16H27NO. The van der Waals surface area contributed by atoms with Crippen molar-refractivity contribution < 1.29 is 4.74 Å². The maximum absolute atomic E-state index is 5.89. The zero-order chi connectivity index (χ0) is 13.5. The third kappa shape index (κ3) is 5.54. The minimum absolute atomic E-state index is 0.171. The molecule has 2 N–H and O–H groups in total. The highest BCUT2D eigenvalue weighted by Gasteiger charge is 2.06. The summed E-state index contributed by atoms with van der Waals surface area (Å²) in [5.41, 5.74) is 8.38. The maximum atomic E-state index is 5.89. The first-order valence-corrected chi connectivity index (χ1v) is 6.97. The Morgan fingerprint density at radius 1 is 1.22 bits per heavy atom. The van der Waals surface area contributed by atoms with E-state index in [-0.39, 0.29) is 6.04 Å². The van der Waals surface area contributed by atoms with Gasteiger partial charge in [0, 0.05) is 6.04 Å². The van der Waals surface area contributed by atoms with Gasteiger partial charge in [0.15, 0.2) is 0 Å². The third-order valence-electron chi connectivity index (χ3n) is 2.94. The summed E-state index contributed by atoms with van der Waals surface area (Å²) in [6.45, 7) is 9.42. The van der Waals surface area contributed by atoms with Crippen molar-refractivity contribution in [3.05, 3.63) is 29.3 Å². The van der Waals surface area contributed by atoms with Gasteiger partial charge in [0.05, 0.1) is 6.61 Å². The molecule has 1 aromatic carbocycles. The summed E-state index contributed by atoms with van der Waals surface area (Å²) in [7, 11) is 0. The number of benzene rings is 1. The first-order chi connectivity index (χ1) is 8.49. The minimum atomic E-state index is 0.171. The second-order valence-electron chi connectivity index (χ2n) is 5.68. The van der Waals surface area contributed by atoms with Crippen molar-refractivity contribution in [1.82, 2.24) is 0 Å². The van der Waals surface area contributed by atoms with Crippen LogP contribution in [0.5, 0.6) is 5.75 Å². The minimum Gasteiger partial charge on any atom is -0.493 e. The van der Waals surface area contributed by atoms with E-state index in [1.54, 1.807) is 0 Å². The van der Waals surface area contributed by atoms with E-state index in [9.17, 15) is 0 Å². The van der Waals surface area contributed by atoms with Crippen LogP contribution in [0.15, 0.2) is 18.2 Å². The van der Waals surface area contributed by atoms with Crippen molar-refractivity contribution in [2.24, 2.45) is 11.7 Å². The standard InChI is InChI=1S/C16H27NO/c1-12(2)6-5-9-18-16-8-7-13(3)10-15(16)11-14(4)17/h7-8,10,12,14H,5-6,9,11,17H2,1-4H3. The number of rotatable bonds is 7. The van der Waals surface area contributed by atoms with Gasteiger partial charge in [-0.2, -0.15) is 0 Å². The van der Waals surface area contributed by atoms with E-state index in [4.69, 9.17) is 10.5 Å². The van der Waals surface area contributed by atoms with E-state index < -0.39 is 0 Å². The normalized spacial score (nSPS) is 12.8. The molecule has 1 unspecified atom stereocenters. The molecule has 0 aliphatic heterocycles. The van der Waals surface area contributed by atoms with E-state index in [1.165, 1.54) is 17.5 Å². The second-order valence-corrected chi connectivity index (χ2v) is 5.68. The number of hydrogen-bond donors (Lipinski definition) is 1. The Morgan fingerprint density at radius 2 is 1.94 bits per heavy atom. The van der Waals surface area contributed by atoms with Crippen LogP contribution in [0.3, 0.4) is 0 Å². The van der Waals surface area contributed by atoms with Gasteiger partial charge in [-0.05, 0) is 50.7 Å². The fourth-order valence-electron chi connectivity index (χ4n) is 2.03. The fourth-order valence-corrected chi connectivity index (χ4v) is 2.03. The lowest BCUT2D eigenvalue weighted by atomic mass is 10.0. The van der Waals surface area contributed by atoms with Crippen molar-refractivity contribution >= 4 is 0 Å². The average Bonchev–Trinajstić information content (AvgIpc) is 2.25. The highest BCUT2D eigenvalue weighted by molar-refractivity contribution is 5.37. The van der Waals surface area contributed by atoms with Gasteiger partial charge in [0.1, 0.15) is 5.75 Å². The molecule has 102 valence electrons. The van der Waals surface area contributed by atoms with Gasteiger partial charge in [-0.3, -0.25) is 0 Å². The molecule has 0 radical (unpaired) electrons. The van der Waals surface area contributed by atoms with Crippen LogP contribution < -0.4 is 10.5 Å². The summed E-state index contributed by atoms with van der Waals surface area (Å²) >= 11 is 0. The zero-order valence-electron chi connectivity index (χ0n) is 12.2. The molecular weight excluding hydrogens is 222 g/mol. The predicted octanol–water partition coefficient (Wildman–Crippen LogP) is 3.70. The number of aryl methyl sites for hydroxylation is 1. The van der Waals surface area contributed by atoms with Gasteiger partial charge in [-0.1, -0.05) is 31.5 Å². The molecule has 2 nitrogen and oxygen atoms in total. The SMILES string of the molecule is Cc1ccc(OCCCC(C)C)c(CC(C)N)c1. The summed E-state index contributed by atoms with van der Waals surface area (Å²) in [6.07, 6.45) is 3.21. The molecule has 0 aliphatic rings. The van der Waals surface area contributed by atoms with Gasteiger partial charge >= 0.3 is 0 Å². The Kier molecular flexibility index (Phi) is 6.20. The molecule has 0 aliphatic carbocycles. The summed E-state index contributed by atoms with van der Waals surface area (Å²) in [4.78, 5) is 0. The molecule has 1 atom stereocenters. The van der Waals surface area contributed by atoms with Crippen LogP contribution in [0.4, 0.5) is 0 Å². The van der Waals surface area contributed by atoms with Gasteiger partial charge in [0.2, 0.25) is 0 Å². The highest BCUT2D eigenvalue weighted by atomic mass is 16.5. The van der Waals surface area contributed by atoms with Crippen molar-refractivity contribution in [2.75, 3.05) is 6.61 Å². The molecule has 18 heavy (non-hydrogen) atoms. The van der Waals surface area contributed by atoms with Gasteiger partial charge < -0.3 is 10.5 Å². The molecule has 2 heteroatoms. The van der Waals surface area contributed by atoms with E-state index in [0.29, 0.717) is 0 Å². The Hall–Kier alpha value is -1.02. The van der Waals surface area contributed by atoms with E-state index in [1.807, 2.05) is 6.92 Å². The number of hydrogen-bond acceptors (Lipinski definition) is 2. The first kappa shape index (κ1) is 15.0. The molecule has 0 saturated carbocycles. The van der Waals surface area contributed by atoms with Crippen LogP contribution in [-0.4, -0.2) is 12.6 Å². The molecule has 1 rings (SSSR count). The van der Waals surface area contributed by atoms with Crippen molar-refractivity contribution in [3.8, 4) is 5.75 Å². The summed E-state index contributed by atoms with van der Waals surface area (Å²) < 4.78 is 5.89. The quantitative estimate of drug-likeness (QED) is 0.748. The predicted molar refractivity (Wildman–Crippen MR) is 78.1 cm³/mol. The first-order valence-electron chi connectivity index (χ1n) is 6.97. The second kappa shape index (κ2) is 7.42. The molecule has 0 spiro atoms. The van der Waals surface area contributed by atoms with Crippen LogP contribution in [0.2, 0.25) is 0 Å². The monoisotopic (exact) mass is 249 g/mol. The van der Waals surface area contributed by atoms with Gasteiger partial charge in [-0.25, -0.2) is 0 Å². The van der Waals surface area contributed by atoms with Crippen molar-refractivity contribution in [3.63, 3.8) is 0 Å². The Morgan fingerprint density at radius 3 is 2.56 bits per heavy atom. The highest BCUT2D eigenvalue weighted by Crippen LogP contribution is 2.22. The summed E-state index contributed by atoms with van der Waals surface area (Å²) in [5.74, 6) is 1.75. The molecule has 0 amide bonds. The maximum Gasteiger partial charge on any atom is 0.122 e. The Balaban J connectivity index is 2.57. The van der Waals surface area contributed by atoms with E-state index in [0.717, 1.165) is 31.1 Å². The fraction of sp³-hybridized carbons (Fsp3) is 0.625. The summed E-state index contributed by atoms with van der Waals surface area (Å²) in [6, 6.07) is 6.52. The number of ether oxygens (including phenoxy) is 1. The van der Waals surface area contributed by atoms with Crippen LogP contribution in [-0.2, 0) is 6.42 Å². The Labute approximate surface area is 112 Å². The average molecular weight is 249 g/mol.